The van der Waals surface area contributed by atoms with E-state index < -0.39 is 0 Å². The largest absolute Gasteiger partial charge is 0.491 e. The van der Waals surface area contributed by atoms with Crippen LogP contribution in [0.25, 0.3) is 0 Å². The lowest BCUT2D eigenvalue weighted by Crippen LogP contribution is -2.34. The summed E-state index contributed by atoms with van der Waals surface area (Å²) in [6.45, 7) is 11.4. The first-order chi connectivity index (χ1) is 14.4. The zero-order chi connectivity index (χ0) is 21.5. The topological polar surface area (TPSA) is 38.8 Å². The molecule has 162 valence electrons. The van der Waals surface area contributed by atoms with Crippen LogP contribution in [0, 0.1) is 5.92 Å². The second kappa shape index (κ2) is 10.6. The number of amides is 1. The molecule has 2 bridgehead atoms. The van der Waals surface area contributed by atoms with Gasteiger partial charge < -0.3 is 14.4 Å². The number of benzene rings is 2. The first kappa shape index (κ1) is 22.4. The summed E-state index contributed by atoms with van der Waals surface area (Å²) in [5.41, 5.74) is 4.91. The Hall–Kier alpha value is -2.33. The van der Waals surface area contributed by atoms with Crippen LogP contribution in [-0.2, 0) is 22.5 Å². The molecule has 4 nitrogen and oxygen atoms in total. The molecule has 0 fully saturated rings. The number of carbonyl (C=O) groups is 1. The summed E-state index contributed by atoms with van der Waals surface area (Å²) in [4.78, 5) is 14.7. The second-order valence-corrected chi connectivity index (χ2v) is 8.89. The van der Waals surface area contributed by atoms with Crippen LogP contribution in [-0.4, -0.2) is 37.2 Å². The maximum Gasteiger partial charge on any atom is 0.223 e. The van der Waals surface area contributed by atoms with Crippen molar-refractivity contribution >= 4 is 5.91 Å². The Morgan fingerprint density at radius 1 is 1.00 bits per heavy atom. The van der Waals surface area contributed by atoms with E-state index in [2.05, 4.69) is 70.2 Å². The maximum absolute atomic E-state index is 12.8. The summed E-state index contributed by atoms with van der Waals surface area (Å²) in [6.07, 6.45) is 1.37. The van der Waals surface area contributed by atoms with Gasteiger partial charge in [0.25, 0.3) is 0 Å². The molecule has 0 N–H and O–H groups in total. The van der Waals surface area contributed by atoms with Gasteiger partial charge in [-0.15, -0.1) is 0 Å². The quantitative estimate of drug-likeness (QED) is 0.701. The van der Waals surface area contributed by atoms with Gasteiger partial charge in [-0.2, -0.15) is 0 Å². The molecular formula is C26H35NO3. The van der Waals surface area contributed by atoms with Crippen LogP contribution >= 0.6 is 0 Å². The number of rotatable bonds is 3. The third-order valence-electron chi connectivity index (χ3n) is 5.44. The zero-order valence-corrected chi connectivity index (χ0v) is 18.8. The van der Waals surface area contributed by atoms with E-state index in [0.29, 0.717) is 51.2 Å². The SMILES string of the molecule is CC(C)CC(=O)N1CCOCCOc2ccc(C(C)C)cc2Cc2cccc(c2)C1. The van der Waals surface area contributed by atoms with Crippen LogP contribution in [0.2, 0.25) is 0 Å². The normalized spacial score (nSPS) is 15.5. The zero-order valence-electron chi connectivity index (χ0n) is 18.8. The van der Waals surface area contributed by atoms with Crippen LogP contribution in [0.4, 0.5) is 0 Å². The Kier molecular flexibility index (Phi) is 7.92. The number of hydrogen-bond acceptors (Lipinski definition) is 3. The van der Waals surface area contributed by atoms with Crippen molar-refractivity contribution in [3.63, 3.8) is 0 Å². The Labute approximate surface area is 181 Å². The molecule has 0 radical (unpaired) electrons. The van der Waals surface area contributed by atoms with Gasteiger partial charge in [-0.1, -0.05) is 64.1 Å². The van der Waals surface area contributed by atoms with Crippen molar-refractivity contribution < 1.29 is 14.3 Å². The average molecular weight is 410 g/mol. The van der Waals surface area contributed by atoms with E-state index in [1.165, 1.54) is 16.7 Å². The molecule has 1 aliphatic rings. The molecule has 30 heavy (non-hydrogen) atoms. The molecule has 4 heteroatoms. The minimum Gasteiger partial charge on any atom is -0.491 e. The van der Waals surface area contributed by atoms with E-state index in [0.717, 1.165) is 17.7 Å². The highest BCUT2D eigenvalue weighted by Crippen LogP contribution is 2.27. The Bertz CT molecular complexity index is 844. The van der Waals surface area contributed by atoms with Crippen molar-refractivity contribution in [2.75, 3.05) is 26.4 Å². The van der Waals surface area contributed by atoms with Crippen LogP contribution in [0.5, 0.6) is 5.75 Å². The first-order valence-corrected chi connectivity index (χ1v) is 11.1. The first-order valence-electron chi connectivity index (χ1n) is 11.1. The predicted octanol–water partition coefficient (Wildman–Crippen LogP) is 5.18. The molecule has 0 unspecified atom stereocenters. The van der Waals surface area contributed by atoms with Gasteiger partial charge in [0.2, 0.25) is 5.91 Å². The molecule has 0 aliphatic carbocycles. The number of carbonyl (C=O) groups excluding carboxylic acids is 1. The van der Waals surface area contributed by atoms with E-state index in [9.17, 15) is 4.79 Å². The summed E-state index contributed by atoms with van der Waals surface area (Å²) in [5, 5.41) is 0. The molecule has 0 saturated heterocycles. The molecule has 1 amide bonds. The molecule has 0 saturated carbocycles. The lowest BCUT2D eigenvalue weighted by Gasteiger charge is -2.24. The Morgan fingerprint density at radius 2 is 1.80 bits per heavy atom. The fourth-order valence-corrected chi connectivity index (χ4v) is 3.77. The van der Waals surface area contributed by atoms with Crippen LogP contribution in [0.1, 0.15) is 62.3 Å². The van der Waals surface area contributed by atoms with Gasteiger partial charge in [0.1, 0.15) is 12.4 Å². The summed E-state index contributed by atoms with van der Waals surface area (Å²) in [7, 11) is 0. The monoisotopic (exact) mass is 409 g/mol. The second-order valence-electron chi connectivity index (χ2n) is 8.89. The standard InChI is InChI=1S/C26H35NO3/c1-19(2)14-26(28)27-10-11-29-12-13-30-25-9-8-23(20(3)4)17-24(25)16-21-6-5-7-22(15-21)18-27/h5-9,15,17,19-20H,10-14,16,18H2,1-4H3. The highest BCUT2D eigenvalue weighted by Gasteiger charge is 2.16. The van der Waals surface area contributed by atoms with Gasteiger partial charge in [-0.3, -0.25) is 4.79 Å². The molecule has 0 spiro atoms. The van der Waals surface area contributed by atoms with E-state index in [1.54, 1.807) is 0 Å². The Morgan fingerprint density at radius 3 is 2.57 bits per heavy atom. The van der Waals surface area contributed by atoms with Gasteiger partial charge in [-0.05, 0) is 40.2 Å². The number of ether oxygens (including phenoxy) is 2. The summed E-state index contributed by atoms with van der Waals surface area (Å²) in [5.74, 6) is 1.94. The van der Waals surface area contributed by atoms with Crippen molar-refractivity contribution in [1.29, 1.82) is 0 Å². The van der Waals surface area contributed by atoms with Gasteiger partial charge in [0.15, 0.2) is 0 Å². The van der Waals surface area contributed by atoms with Crippen LogP contribution in [0.15, 0.2) is 42.5 Å². The predicted molar refractivity (Wildman–Crippen MR) is 121 cm³/mol. The minimum absolute atomic E-state index is 0.189. The third kappa shape index (κ3) is 6.33. The van der Waals surface area contributed by atoms with E-state index >= 15 is 0 Å². The van der Waals surface area contributed by atoms with Gasteiger partial charge in [-0.25, -0.2) is 0 Å². The number of hydrogen-bond donors (Lipinski definition) is 0. The van der Waals surface area contributed by atoms with Gasteiger partial charge >= 0.3 is 0 Å². The molecule has 2 aromatic rings. The van der Waals surface area contributed by atoms with Crippen LogP contribution < -0.4 is 4.74 Å². The maximum atomic E-state index is 12.8. The molecule has 2 aromatic carbocycles. The fourth-order valence-electron chi connectivity index (χ4n) is 3.77. The van der Waals surface area contributed by atoms with Crippen molar-refractivity contribution in [2.24, 2.45) is 5.92 Å². The fraction of sp³-hybridized carbons (Fsp3) is 0.500. The van der Waals surface area contributed by atoms with E-state index in [1.807, 2.05) is 4.90 Å². The summed E-state index contributed by atoms with van der Waals surface area (Å²) < 4.78 is 11.8. The number of fused-ring (bicyclic) bond motifs is 3. The highest BCUT2D eigenvalue weighted by atomic mass is 16.5. The van der Waals surface area contributed by atoms with Crippen molar-refractivity contribution in [3.8, 4) is 5.75 Å². The third-order valence-corrected chi connectivity index (χ3v) is 5.44. The van der Waals surface area contributed by atoms with Gasteiger partial charge in [0.05, 0.1) is 13.2 Å². The number of nitrogens with zero attached hydrogens (tertiary/aromatic N) is 1. The summed E-state index contributed by atoms with van der Waals surface area (Å²) >= 11 is 0. The molecule has 0 aromatic heterocycles. The Balaban J connectivity index is 1.89. The van der Waals surface area contributed by atoms with Crippen molar-refractivity contribution in [1.82, 2.24) is 4.90 Å². The van der Waals surface area contributed by atoms with Gasteiger partial charge in [0, 0.05) is 25.9 Å². The summed E-state index contributed by atoms with van der Waals surface area (Å²) in [6, 6.07) is 15.1. The lowest BCUT2D eigenvalue weighted by atomic mass is 9.96. The molecule has 1 aliphatic heterocycles. The molecule has 3 rings (SSSR count). The molecule has 0 atom stereocenters. The average Bonchev–Trinajstić information content (AvgIpc) is 2.69. The smallest absolute Gasteiger partial charge is 0.223 e. The lowest BCUT2D eigenvalue weighted by molar-refractivity contribution is -0.133. The molecular weight excluding hydrogens is 374 g/mol. The minimum atomic E-state index is 0.189. The van der Waals surface area contributed by atoms with E-state index in [4.69, 9.17) is 9.47 Å². The van der Waals surface area contributed by atoms with E-state index in [-0.39, 0.29) is 5.91 Å². The van der Waals surface area contributed by atoms with Crippen molar-refractivity contribution in [2.45, 2.75) is 53.0 Å². The van der Waals surface area contributed by atoms with Crippen LogP contribution in [0.3, 0.4) is 0 Å². The van der Waals surface area contributed by atoms with Crippen molar-refractivity contribution in [3.05, 3.63) is 64.7 Å². The molecule has 1 heterocycles. The highest BCUT2D eigenvalue weighted by molar-refractivity contribution is 5.76.